The van der Waals surface area contributed by atoms with Crippen LogP contribution in [0.1, 0.15) is 48.4 Å². The molecule has 1 heterocycles. The number of aryl methyl sites for hydroxylation is 1. The van der Waals surface area contributed by atoms with Crippen LogP contribution in [0.3, 0.4) is 0 Å². The second-order valence-electron chi connectivity index (χ2n) is 6.20. The van der Waals surface area contributed by atoms with Gasteiger partial charge in [-0.3, -0.25) is 0 Å². The molecule has 3 heteroatoms. The SMILES string of the molecule is CNC(c1ccc(C(C)(C)C)cc1)c1cc(C)c(Cl)s1. The maximum absolute atomic E-state index is 6.19. The molecule has 0 amide bonds. The molecular weight excluding hydrogens is 286 g/mol. The maximum Gasteiger partial charge on any atom is 0.0961 e. The van der Waals surface area contributed by atoms with Crippen molar-refractivity contribution in [2.75, 3.05) is 7.05 Å². The van der Waals surface area contributed by atoms with Crippen LogP contribution in [0.5, 0.6) is 0 Å². The zero-order chi connectivity index (χ0) is 14.9. The molecule has 1 aromatic carbocycles. The maximum atomic E-state index is 6.19. The van der Waals surface area contributed by atoms with Crippen molar-refractivity contribution in [3.05, 3.63) is 56.2 Å². The smallest absolute Gasteiger partial charge is 0.0961 e. The van der Waals surface area contributed by atoms with Crippen LogP contribution in [0.2, 0.25) is 4.34 Å². The quantitative estimate of drug-likeness (QED) is 0.809. The average Bonchev–Trinajstić information content (AvgIpc) is 2.70. The Kier molecular flexibility index (Phi) is 4.58. The van der Waals surface area contributed by atoms with Crippen molar-refractivity contribution in [3.8, 4) is 0 Å². The summed E-state index contributed by atoms with van der Waals surface area (Å²) in [7, 11) is 1.99. The van der Waals surface area contributed by atoms with E-state index < -0.39 is 0 Å². The minimum Gasteiger partial charge on any atom is -0.309 e. The van der Waals surface area contributed by atoms with E-state index in [1.807, 2.05) is 7.05 Å². The van der Waals surface area contributed by atoms with Crippen LogP contribution in [0.25, 0.3) is 0 Å². The van der Waals surface area contributed by atoms with Crippen LogP contribution in [-0.2, 0) is 5.41 Å². The van der Waals surface area contributed by atoms with E-state index in [1.54, 1.807) is 11.3 Å². The first-order valence-electron chi connectivity index (χ1n) is 6.86. The van der Waals surface area contributed by atoms with Crippen LogP contribution in [0.15, 0.2) is 30.3 Å². The summed E-state index contributed by atoms with van der Waals surface area (Å²) in [4.78, 5) is 1.26. The van der Waals surface area contributed by atoms with Gasteiger partial charge < -0.3 is 5.32 Å². The Bertz CT molecular complexity index is 559. The third kappa shape index (κ3) is 3.25. The minimum atomic E-state index is 0.191. The van der Waals surface area contributed by atoms with Gasteiger partial charge in [0, 0.05) is 4.88 Å². The standard InChI is InChI=1S/C17H22ClNS/c1-11-10-14(20-16(11)18)15(19-5)12-6-8-13(9-7-12)17(2,3)4/h6-10,15,19H,1-5H3. The summed E-state index contributed by atoms with van der Waals surface area (Å²) in [6.45, 7) is 8.76. The van der Waals surface area contributed by atoms with Gasteiger partial charge in [0.1, 0.15) is 0 Å². The second-order valence-corrected chi connectivity index (χ2v) is 7.89. The summed E-state index contributed by atoms with van der Waals surface area (Å²) >= 11 is 7.85. The number of thiophene rings is 1. The third-order valence-electron chi connectivity index (χ3n) is 3.56. The van der Waals surface area contributed by atoms with Gasteiger partial charge >= 0.3 is 0 Å². The molecule has 0 bridgehead atoms. The summed E-state index contributed by atoms with van der Waals surface area (Å²) in [5.74, 6) is 0. The van der Waals surface area contributed by atoms with Crippen molar-refractivity contribution in [2.45, 2.75) is 39.2 Å². The zero-order valence-electron chi connectivity index (χ0n) is 12.8. The Labute approximate surface area is 131 Å². The molecule has 1 unspecified atom stereocenters. The molecule has 20 heavy (non-hydrogen) atoms. The zero-order valence-corrected chi connectivity index (χ0v) is 14.3. The number of rotatable bonds is 3. The van der Waals surface area contributed by atoms with Crippen molar-refractivity contribution in [1.29, 1.82) is 0 Å². The highest BCUT2D eigenvalue weighted by Crippen LogP contribution is 2.34. The van der Waals surface area contributed by atoms with Crippen LogP contribution >= 0.6 is 22.9 Å². The average molecular weight is 308 g/mol. The molecule has 2 rings (SSSR count). The van der Waals surface area contributed by atoms with Crippen LogP contribution < -0.4 is 5.32 Å². The van der Waals surface area contributed by atoms with E-state index >= 15 is 0 Å². The van der Waals surface area contributed by atoms with Crippen molar-refractivity contribution in [1.82, 2.24) is 5.32 Å². The molecule has 0 fully saturated rings. The van der Waals surface area contributed by atoms with Gasteiger partial charge in [0.05, 0.1) is 10.4 Å². The fourth-order valence-electron chi connectivity index (χ4n) is 2.27. The van der Waals surface area contributed by atoms with Crippen LogP contribution in [0, 0.1) is 6.92 Å². The molecule has 0 aliphatic rings. The number of hydrogen-bond acceptors (Lipinski definition) is 2. The monoisotopic (exact) mass is 307 g/mol. The second kappa shape index (κ2) is 5.88. The first-order valence-corrected chi connectivity index (χ1v) is 8.06. The highest BCUT2D eigenvalue weighted by Gasteiger charge is 2.18. The predicted octanol–water partition coefficient (Wildman–Crippen LogP) is 5.32. The van der Waals surface area contributed by atoms with Crippen LogP contribution in [-0.4, -0.2) is 7.05 Å². The van der Waals surface area contributed by atoms with Crippen molar-refractivity contribution >= 4 is 22.9 Å². The number of hydrogen-bond donors (Lipinski definition) is 1. The van der Waals surface area contributed by atoms with E-state index in [9.17, 15) is 0 Å². The molecule has 2 aromatic rings. The molecule has 1 N–H and O–H groups in total. The van der Waals surface area contributed by atoms with Gasteiger partial charge in [-0.1, -0.05) is 56.6 Å². The van der Waals surface area contributed by atoms with E-state index in [-0.39, 0.29) is 11.5 Å². The minimum absolute atomic E-state index is 0.191. The lowest BCUT2D eigenvalue weighted by Crippen LogP contribution is -2.17. The molecule has 0 aliphatic carbocycles. The van der Waals surface area contributed by atoms with Crippen molar-refractivity contribution in [2.24, 2.45) is 0 Å². The normalized spacial score (nSPS) is 13.5. The van der Waals surface area contributed by atoms with Gasteiger partial charge in [0.2, 0.25) is 0 Å². The van der Waals surface area contributed by atoms with Gasteiger partial charge in [-0.15, -0.1) is 11.3 Å². The number of benzene rings is 1. The number of nitrogens with one attached hydrogen (secondary N) is 1. The molecular formula is C17H22ClNS. The number of halogens is 1. The first-order chi connectivity index (χ1) is 9.32. The highest BCUT2D eigenvalue weighted by molar-refractivity contribution is 7.16. The van der Waals surface area contributed by atoms with Gasteiger partial charge in [0.25, 0.3) is 0 Å². The Morgan fingerprint density at radius 2 is 1.75 bits per heavy atom. The van der Waals surface area contributed by atoms with Gasteiger partial charge in [-0.05, 0) is 42.1 Å². The lowest BCUT2D eigenvalue weighted by atomic mass is 9.86. The molecule has 1 atom stereocenters. The van der Waals surface area contributed by atoms with Gasteiger partial charge in [0.15, 0.2) is 0 Å². The molecule has 0 radical (unpaired) electrons. The van der Waals surface area contributed by atoms with Gasteiger partial charge in [-0.2, -0.15) is 0 Å². The lowest BCUT2D eigenvalue weighted by molar-refractivity contribution is 0.589. The van der Waals surface area contributed by atoms with E-state index in [4.69, 9.17) is 11.6 Å². The fraction of sp³-hybridized carbons (Fsp3) is 0.412. The van der Waals surface area contributed by atoms with E-state index in [1.165, 1.54) is 16.0 Å². The Balaban J connectivity index is 2.33. The molecule has 0 saturated heterocycles. The van der Waals surface area contributed by atoms with E-state index in [0.29, 0.717) is 0 Å². The summed E-state index contributed by atoms with van der Waals surface area (Å²) in [5, 5.41) is 3.39. The third-order valence-corrected chi connectivity index (χ3v) is 5.18. The Morgan fingerprint density at radius 1 is 1.15 bits per heavy atom. The first kappa shape index (κ1) is 15.6. The largest absolute Gasteiger partial charge is 0.309 e. The lowest BCUT2D eigenvalue weighted by Gasteiger charge is -2.21. The van der Waals surface area contributed by atoms with Gasteiger partial charge in [-0.25, -0.2) is 0 Å². The summed E-state index contributed by atoms with van der Waals surface area (Å²) in [5.41, 5.74) is 3.98. The van der Waals surface area contributed by atoms with E-state index in [2.05, 4.69) is 63.3 Å². The molecule has 108 valence electrons. The van der Waals surface area contributed by atoms with Crippen LogP contribution in [0.4, 0.5) is 0 Å². The summed E-state index contributed by atoms with van der Waals surface area (Å²) in [6, 6.07) is 11.3. The predicted molar refractivity (Wildman–Crippen MR) is 90.1 cm³/mol. The Hall–Kier alpha value is -0.830. The summed E-state index contributed by atoms with van der Waals surface area (Å²) < 4.78 is 0.881. The molecule has 1 nitrogen and oxygen atoms in total. The fourth-order valence-corrected chi connectivity index (χ4v) is 3.63. The highest BCUT2D eigenvalue weighted by atomic mass is 35.5. The van der Waals surface area contributed by atoms with Crippen molar-refractivity contribution in [3.63, 3.8) is 0 Å². The van der Waals surface area contributed by atoms with Crippen molar-refractivity contribution < 1.29 is 0 Å². The molecule has 0 spiro atoms. The molecule has 0 saturated carbocycles. The summed E-state index contributed by atoms with van der Waals surface area (Å²) in [6.07, 6.45) is 0. The van der Waals surface area contributed by atoms with E-state index in [0.717, 1.165) is 9.90 Å². The Morgan fingerprint density at radius 3 is 2.15 bits per heavy atom. The molecule has 1 aromatic heterocycles. The molecule has 0 aliphatic heterocycles. The topological polar surface area (TPSA) is 12.0 Å².